The average Bonchev–Trinajstić information content (AvgIpc) is 2.45. The molecule has 0 aliphatic carbocycles. The zero-order valence-electron chi connectivity index (χ0n) is 10.8. The predicted molar refractivity (Wildman–Crippen MR) is 79.2 cm³/mol. The second-order valence-electron chi connectivity index (χ2n) is 4.38. The highest BCUT2D eigenvalue weighted by Gasteiger charge is 1.96. The first-order valence-electron chi connectivity index (χ1n) is 6.55. The molecular formula is C17H19N. The van der Waals surface area contributed by atoms with Crippen LogP contribution in [0.4, 0.5) is 0 Å². The van der Waals surface area contributed by atoms with Crippen molar-refractivity contribution in [3.8, 4) is 11.1 Å². The van der Waals surface area contributed by atoms with Crippen LogP contribution < -0.4 is 0 Å². The smallest absolute Gasteiger partial charge is 0.0389 e. The lowest BCUT2D eigenvalue weighted by atomic mass is 10.0. The highest BCUT2D eigenvalue weighted by atomic mass is 14.7. The van der Waals surface area contributed by atoms with Crippen LogP contribution in [-0.4, -0.2) is 12.8 Å². The van der Waals surface area contributed by atoms with Gasteiger partial charge in [0.15, 0.2) is 0 Å². The van der Waals surface area contributed by atoms with E-state index in [-0.39, 0.29) is 0 Å². The van der Waals surface area contributed by atoms with Crippen LogP contribution in [0.5, 0.6) is 0 Å². The molecule has 1 nitrogen and oxygen atoms in total. The fourth-order valence-electron chi connectivity index (χ4n) is 1.85. The number of hydrogen-bond acceptors (Lipinski definition) is 1. The first kappa shape index (κ1) is 12.6. The van der Waals surface area contributed by atoms with E-state index in [1.807, 2.05) is 12.3 Å². The molecule has 0 unspecified atom stereocenters. The number of benzene rings is 2. The van der Waals surface area contributed by atoms with Gasteiger partial charge in [-0.2, -0.15) is 0 Å². The van der Waals surface area contributed by atoms with Gasteiger partial charge in [0.25, 0.3) is 0 Å². The largest absolute Gasteiger partial charge is 0.293 e. The van der Waals surface area contributed by atoms with Crippen molar-refractivity contribution in [2.45, 2.75) is 19.8 Å². The van der Waals surface area contributed by atoms with E-state index in [0.717, 1.165) is 13.0 Å². The van der Waals surface area contributed by atoms with Gasteiger partial charge in [0.2, 0.25) is 0 Å². The van der Waals surface area contributed by atoms with Gasteiger partial charge in [0.05, 0.1) is 0 Å². The summed E-state index contributed by atoms with van der Waals surface area (Å²) in [6, 6.07) is 18.9. The fourth-order valence-corrected chi connectivity index (χ4v) is 1.85. The molecule has 0 fully saturated rings. The van der Waals surface area contributed by atoms with E-state index >= 15 is 0 Å². The van der Waals surface area contributed by atoms with Crippen molar-refractivity contribution in [3.05, 3.63) is 60.2 Å². The van der Waals surface area contributed by atoms with Gasteiger partial charge in [-0.05, 0) is 29.2 Å². The summed E-state index contributed by atoms with van der Waals surface area (Å²) < 4.78 is 0. The zero-order valence-corrected chi connectivity index (χ0v) is 10.8. The lowest BCUT2D eigenvalue weighted by molar-refractivity contribution is 0.810. The van der Waals surface area contributed by atoms with Crippen molar-refractivity contribution in [1.29, 1.82) is 0 Å². The number of unbranched alkanes of at least 4 members (excludes halogenated alkanes) is 1. The minimum atomic E-state index is 0.923. The van der Waals surface area contributed by atoms with Gasteiger partial charge in [0, 0.05) is 12.8 Å². The SMILES string of the molecule is CCCCN=Cc1cccc(-c2ccccc2)c1. The van der Waals surface area contributed by atoms with Gasteiger partial charge < -0.3 is 0 Å². The lowest BCUT2D eigenvalue weighted by Gasteiger charge is -2.02. The molecule has 0 bridgehead atoms. The highest BCUT2D eigenvalue weighted by molar-refractivity contribution is 5.82. The summed E-state index contributed by atoms with van der Waals surface area (Å²) in [5, 5.41) is 0. The van der Waals surface area contributed by atoms with Crippen LogP contribution in [0, 0.1) is 0 Å². The van der Waals surface area contributed by atoms with Gasteiger partial charge >= 0.3 is 0 Å². The topological polar surface area (TPSA) is 12.4 Å². The molecule has 0 radical (unpaired) electrons. The third-order valence-electron chi connectivity index (χ3n) is 2.87. The maximum Gasteiger partial charge on any atom is 0.0389 e. The maximum atomic E-state index is 4.44. The monoisotopic (exact) mass is 237 g/mol. The summed E-state index contributed by atoms with van der Waals surface area (Å²) in [4.78, 5) is 4.44. The molecule has 2 aromatic rings. The van der Waals surface area contributed by atoms with Crippen LogP contribution in [-0.2, 0) is 0 Å². The summed E-state index contributed by atoms with van der Waals surface area (Å²) in [6.45, 7) is 3.11. The summed E-state index contributed by atoms with van der Waals surface area (Å²) in [7, 11) is 0. The Bertz CT molecular complexity index is 500. The molecule has 0 aromatic heterocycles. The molecule has 1 heteroatoms. The van der Waals surface area contributed by atoms with Crippen molar-refractivity contribution < 1.29 is 0 Å². The first-order chi connectivity index (χ1) is 8.90. The lowest BCUT2D eigenvalue weighted by Crippen LogP contribution is -1.86. The molecule has 92 valence electrons. The van der Waals surface area contributed by atoms with E-state index < -0.39 is 0 Å². The second kappa shape index (κ2) is 6.75. The maximum absolute atomic E-state index is 4.44. The Morgan fingerprint density at radius 1 is 0.944 bits per heavy atom. The fraction of sp³-hybridized carbons (Fsp3) is 0.235. The van der Waals surface area contributed by atoms with Gasteiger partial charge in [0.1, 0.15) is 0 Å². The summed E-state index contributed by atoms with van der Waals surface area (Å²) in [5.41, 5.74) is 3.67. The van der Waals surface area contributed by atoms with Gasteiger partial charge in [-0.15, -0.1) is 0 Å². The molecule has 0 aliphatic heterocycles. The van der Waals surface area contributed by atoms with Gasteiger partial charge in [-0.1, -0.05) is 61.9 Å². The molecule has 18 heavy (non-hydrogen) atoms. The minimum absolute atomic E-state index is 0.923. The van der Waals surface area contributed by atoms with E-state index in [2.05, 4.69) is 60.4 Å². The number of hydrogen-bond donors (Lipinski definition) is 0. The Balaban J connectivity index is 2.13. The predicted octanol–water partition coefficient (Wildman–Crippen LogP) is 4.57. The molecule has 2 aromatic carbocycles. The molecule has 0 spiro atoms. The molecule has 0 atom stereocenters. The summed E-state index contributed by atoms with van der Waals surface area (Å²) >= 11 is 0. The molecule has 0 amide bonds. The molecule has 0 heterocycles. The van der Waals surface area contributed by atoms with Crippen LogP contribution in [0.3, 0.4) is 0 Å². The van der Waals surface area contributed by atoms with E-state index in [0.29, 0.717) is 0 Å². The Kier molecular flexibility index (Phi) is 4.71. The third kappa shape index (κ3) is 3.56. The van der Waals surface area contributed by atoms with Gasteiger partial charge in [-0.3, -0.25) is 4.99 Å². The van der Waals surface area contributed by atoms with Crippen LogP contribution >= 0.6 is 0 Å². The number of aliphatic imine (C=N–C) groups is 1. The Morgan fingerprint density at radius 3 is 2.50 bits per heavy atom. The van der Waals surface area contributed by atoms with Crippen molar-refractivity contribution in [3.63, 3.8) is 0 Å². The minimum Gasteiger partial charge on any atom is -0.293 e. The van der Waals surface area contributed by atoms with Crippen molar-refractivity contribution in [2.75, 3.05) is 6.54 Å². The average molecular weight is 237 g/mol. The van der Waals surface area contributed by atoms with Crippen molar-refractivity contribution in [1.82, 2.24) is 0 Å². The molecule has 0 saturated carbocycles. The van der Waals surface area contributed by atoms with Crippen molar-refractivity contribution in [2.24, 2.45) is 4.99 Å². The molecule has 0 aliphatic rings. The third-order valence-corrected chi connectivity index (χ3v) is 2.87. The number of rotatable bonds is 5. The van der Waals surface area contributed by atoms with Gasteiger partial charge in [-0.25, -0.2) is 0 Å². The molecule has 0 N–H and O–H groups in total. The first-order valence-corrected chi connectivity index (χ1v) is 6.55. The normalized spacial score (nSPS) is 10.9. The molecule has 2 rings (SSSR count). The van der Waals surface area contributed by atoms with Crippen LogP contribution in [0.2, 0.25) is 0 Å². The second-order valence-corrected chi connectivity index (χ2v) is 4.38. The van der Waals surface area contributed by atoms with Crippen LogP contribution in [0.25, 0.3) is 11.1 Å². The van der Waals surface area contributed by atoms with Crippen LogP contribution in [0.1, 0.15) is 25.3 Å². The highest BCUT2D eigenvalue weighted by Crippen LogP contribution is 2.19. The van der Waals surface area contributed by atoms with E-state index in [4.69, 9.17) is 0 Å². The molecular weight excluding hydrogens is 218 g/mol. The zero-order chi connectivity index (χ0) is 12.6. The molecule has 0 saturated heterocycles. The van der Waals surface area contributed by atoms with E-state index in [1.165, 1.54) is 23.1 Å². The standard InChI is InChI=1S/C17H19N/c1-2-3-12-18-14-15-8-7-11-17(13-15)16-9-5-4-6-10-16/h4-11,13-14H,2-3,12H2,1H3. The Hall–Kier alpha value is -1.89. The van der Waals surface area contributed by atoms with E-state index in [1.54, 1.807) is 0 Å². The number of nitrogens with zero attached hydrogens (tertiary/aromatic N) is 1. The quantitative estimate of drug-likeness (QED) is 0.533. The Morgan fingerprint density at radius 2 is 1.72 bits per heavy atom. The van der Waals surface area contributed by atoms with Crippen molar-refractivity contribution >= 4 is 6.21 Å². The summed E-state index contributed by atoms with van der Waals surface area (Å²) in [5.74, 6) is 0. The summed E-state index contributed by atoms with van der Waals surface area (Å²) in [6.07, 6.45) is 4.33. The van der Waals surface area contributed by atoms with E-state index in [9.17, 15) is 0 Å². The Labute approximate surface area is 109 Å². The van der Waals surface area contributed by atoms with Crippen LogP contribution in [0.15, 0.2) is 59.6 Å².